The molecule has 3 rings (SSSR count). The van der Waals surface area contributed by atoms with E-state index in [0.717, 1.165) is 11.1 Å². The molecule has 1 N–H and O–H groups in total. The van der Waals surface area contributed by atoms with E-state index in [4.69, 9.17) is 23.2 Å². The second-order valence-corrected chi connectivity index (χ2v) is 5.92. The van der Waals surface area contributed by atoms with Gasteiger partial charge in [0.2, 0.25) is 0 Å². The number of halogens is 2. The first-order valence-electron chi connectivity index (χ1n) is 6.94. The van der Waals surface area contributed by atoms with Gasteiger partial charge in [-0.15, -0.1) is 0 Å². The minimum absolute atomic E-state index is 0.261. The summed E-state index contributed by atoms with van der Waals surface area (Å²) < 4.78 is 0. The molecule has 0 unspecified atom stereocenters. The first-order valence-corrected chi connectivity index (χ1v) is 7.70. The number of hydrogen-bond donors (Lipinski definition) is 1. The predicted molar refractivity (Wildman–Crippen MR) is 94.3 cm³/mol. The van der Waals surface area contributed by atoms with Crippen molar-refractivity contribution >= 4 is 29.2 Å². The van der Waals surface area contributed by atoms with E-state index in [9.17, 15) is 9.90 Å². The first kappa shape index (κ1) is 15.6. The van der Waals surface area contributed by atoms with Crippen LogP contribution >= 0.6 is 23.2 Å². The topological polar surface area (TPSA) is 37.3 Å². The Morgan fingerprint density at radius 3 is 1.43 bits per heavy atom. The number of hydrogen-bond acceptors (Lipinski definition) is 1. The van der Waals surface area contributed by atoms with Crippen LogP contribution < -0.4 is 0 Å². The molecule has 114 valence electrons. The molecule has 0 fully saturated rings. The minimum Gasteiger partial charge on any atom is -0.478 e. The molecule has 0 amide bonds. The van der Waals surface area contributed by atoms with Crippen molar-refractivity contribution in [2.24, 2.45) is 0 Å². The lowest BCUT2D eigenvalue weighted by atomic mass is 9.92. The van der Waals surface area contributed by atoms with E-state index in [1.165, 1.54) is 0 Å². The monoisotopic (exact) mass is 342 g/mol. The summed E-state index contributed by atoms with van der Waals surface area (Å²) in [6, 6.07) is 19.7. The zero-order chi connectivity index (χ0) is 16.4. The molecule has 0 aromatic heterocycles. The van der Waals surface area contributed by atoms with E-state index in [1.54, 1.807) is 36.4 Å². The fourth-order valence-electron chi connectivity index (χ4n) is 2.52. The van der Waals surface area contributed by atoms with Crippen LogP contribution in [0.3, 0.4) is 0 Å². The van der Waals surface area contributed by atoms with Crippen LogP contribution in [-0.4, -0.2) is 11.1 Å². The van der Waals surface area contributed by atoms with Crippen LogP contribution in [0.4, 0.5) is 0 Å². The van der Waals surface area contributed by atoms with Gasteiger partial charge in [0, 0.05) is 10.0 Å². The lowest BCUT2D eigenvalue weighted by molar-refractivity contribution is 0.0698. The lowest BCUT2D eigenvalue weighted by Crippen LogP contribution is -2.02. The lowest BCUT2D eigenvalue weighted by Gasteiger charge is -2.12. The maximum atomic E-state index is 11.9. The van der Waals surface area contributed by atoms with Crippen molar-refractivity contribution in [2.75, 3.05) is 0 Å². The Morgan fingerprint density at radius 2 is 1.09 bits per heavy atom. The van der Waals surface area contributed by atoms with Crippen molar-refractivity contribution in [2.45, 2.75) is 0 Å². The van der Waals surface area contributed by atoms with Crippen LogP contribution in [0.1, 0.15) is 10.4 Å². The fourth-order valence-corrected chi connectivity index (χ4v) is 2.77. The SMILES string of the molecule is O=C(O)c1c(-c2ccc(Cl)cc2)cccc1-c1ccc(Cl)cc1. The Balaban J connectivity index is 2.22. The highest BCUT2D eigenvalue weighted by atomic mass is 35.5. The van der Waals surface area contributed by atoms with E-state index < -0.39 is 5.97 Å². The van der Waals surface area contributed by atoms with Crippen LogP contribution in [0.15, 0.2) is 66.7 Å². The van der Waals surface area contributed by atoms with Crippen LogP contribution in [0.5, 0.6) is 0 Å². The maximum Gasteiger partial charge on any atom is 0.336 e. The first-order chi connectivity index (χ1) is 11.1. The zero-order valence-corrected chi connectivity index (χ0v) is 13.5. The highest BCUT2D eigenvalue weighted by Crippen LogP contribution is 2.33. The molecule has 3 aromatic rings. The molecular weight excluding hydrogens is 331 g/mol. The number of aromatic carboxylic acids is 1. The zero-order valence-electron chi connectivity index (χ0n) is 12.0. The Bertz CT molecular complexity index is 790. The van der Waals surface area contributed by atoms with Crippen molar-refractivity contribution in [1.29, 1.82) is 0 Å². The average Bonchev–Trinajstić information content (AvgIpc) is 2.55. The Hall–Kier alpha value is -2.29. The van der Waals surface area contributed by atoms with Crippen molar-refractivity contribution in [3.05, 3.63) is 82.3 Å². The second kappa shape index (κ2) is 6.45. The number of carboxylic acid groups (broad SMARTS) is 1. The molecule has 4 heteroatoms. The molecule has 0 saturated carbocycles. The molecule has 2 nitrogen and oxygen atoms in total. The van der Waals surface area contributed by atoms with Gasteiger partial charge >= 0.3 is 5.97 Å². The summed E-state index contributed by atoms with van der Waals surface area (Å²) in [5.41, 5.74) is 3.19. The van der Waals surface area contributed by atoms with Crippen LogP contribution in [0.25, 0.3) is 22.3 Å². The van der Waals surface area contributed by atoms with Gasteiger partial charge in [-0.3, -0.25) is 0 Å². The molecule has 0 saturated heterocycles. The standard InChI is InChI=1S/C19H12Cl2O2/c20-14-8-4-12(5-9-14)16-2-1-3-17(18(16)19(22)23)13-6-10-15(21)11-7-13/h1-11H,(H,22,23). The van der Waals surface area contributed by atoms with Gasteiger partial charge in [0.05, 0.1) is 5.56 Å². The van der Waals surface area contributed by atoms with Gasteiger partial charge in [0.1, 0.15) is 0 Å². The number of carboxylic acids is 1. The number of benzene rings is 3. The van der Waals surface area contributed by atoms with Gasteiger partial charge in [-0.2, -0.15) is 0 Å². The summed E-state index contributed by atoms with van der Waals surface area (Å²) in [4.78, 5) is 11.9. The molecule has 0 spiro atoms. The molecule has 0 aliphatic rings. The van der Waals surface area contributed by atoms with Gasteiger partial charge in [0.15, 0.2) is 0 Å². The Kier molecular flexibility index (Phi) is 4.37. The third-order valence-electron chi connectivity index (χ3n) is 3.59. The van der Waals surface area contributed by atoms with E-state index in [0.29, 0.717) is 21.2 Å². The summed E-state index contributed by atoms with van der Waals surface area (Å²) in [7, 11) is 0. The molecular formula is C19H12Cl2O2. The quantitative estimate of drug-likeness (QED) is 0.631. The van der Waals surface area contributed by atoms with Crippen LogP contribution in [0.2, 0.25) is 10.0 Å². The van der Waals surface area contributed by atoms with Crippen molar-refractivity contribution in [3.8, 4) is 22.3 Å². The molecule has 0 aliphatic heterocycles. The van der Waals surface area contributed by atoms with Crippen LogP contribution in [0, 0.1) is 0 Å². The molecule has 0 bridgehead atoms. The molecule has 23 heavy (non-hydrogen) atoms. The Labute approximate surface area is 143 Å². The highest BCUT2D eigenvalue weighted by Gasteiger charge is 2.17. The van der Waals surface area contributed by atoms with Crippen molar-refractivity contribution in [1.82, 2.24) is 0 Å². The average molecular weight is 343 g/mol. The van der Waals surface area contributed by atoms with Crippen molar-refractivity contribution < 1.29 is 9.90 Å². The third kappa shape index (κ3) is 3.24. The Morgan fingerprint density at radius 1 is 0.696 bits per heavy atom. The molecule has 0 aliphatic carbocycles. The summed E-state index contributed by atoms with van der Waals surface area (Å²) in [5.74, 6) is -0.972. The van der Waals surface area contributed by atoms with Gasteiger partial charge in [-0.05, 0) is 46.5 Å². The maximum absolute atomic E-state index is 11.9. The minimum atomic E-state index is -0.972. The van der Waals surface area contributed by atoms with Crippen molar-refractivity contribution in [3.63, 3.8) is 0 Å². The smallest absolute Gasteiger partial charge is 0.336 e. The molecule has 0 heterocycles. The van der Waals surface area contributed by atoms with E-state index >= 15 is 0 Å². The third-order valence-corrected chi connectivity index (χ3v) is 4.09. The van der Waals surface area contributed by atoms with Gasteiger partial charge in [0.25, 0.3) is 0 Å². The molecule has 3 aromatic carbocycles. The highest BCUT2D eigenvalue weighted by molar-refractivity contribution is 6.31. The van der Waals surface area contributed by atoms with Gasteiger partial charge in [-0.1, -0.05) is 65.7 Å². The number of carbonyl (C=O) groups is 1. The molecule has 0 radical (unpaired) electrons. The summed E-state index contributed by atoms with van der Waals surface area (Å²) >= 11 is 11.8. The second-order valence-electron chi connectivity index (χ2n) is 5.05. The van der Waals surface area contributed by atoms with E-state index in [1.807, 2.05) is 30.3 Å². The predicted octanol–water partition coefficient (Wildman–Crippen LogP) is 6.03. The van der Waals surface area contributed by atoms with E-state index in [2.05, 4.69) is 0 Å². The largest absolute Gasteiger partial charge is 0.478 e. The summed E-state index contributed by atoms with van der Waals surface area (Å²) in [6.45, 7) is 0. The van der Waals surface area contributed by atoms with Gasteiger partial charge < -0.3 is 5.11 Å². The van der Waals surface area contributed by atoms with E-state index in [-0.39, 0.29) is 5.56 Å². The van der Waals surface area contributed by atoms with Crippen LogP contribution in [-0.2, 0) is 0 Å². The summed E-state index contributed by atoms with van der Waals surface area (Å²) in [6.07, 6.45) is 0. The normalized spacial score (nSPS) is 10.5. The molecule has 0 atom stereocenters. The summed E-state index contributed by atoms with van der Waals surface area (Å²) in [5, 5.41) is 10.9. The van der Waals surface area contributed by atoms with Gasteiger partial charge in [-0.25, -0.2) is 4.79 Å². The number of rotatable bonds is 3. The fraction of sp³-hybridized carbons (Fsp3) is 0.